The first-order valence-corrected chi connectivity index (χ1v) is 15.0. The normalized spacial score (nSPS) is 17.4. The van der Waals surface area contributed by atoms with Crippen molar-refractivity contribution in [2.24, 2.45) is 11.8 Å². The van der Waals surface area contributed by atoms with Crippen molar-refractivity contribution in [3.05, 3.63) is 101 Å². The lowest BCUT2D eigenvalue weighted by atomic mass is 9.81. The minimum atomic E-state index is -4.12. The van der Waals surface area contributed by atoms with Crippen LogP contribution in [0.25, 0.3) is 0 Å². The molecule has 3 aromatic rings. The molecule has 0 spiro atoms. The van der Waals surface area contributed by atoms with Crippen LogP contribution in [0, 0.1) is 25.7 Å². The standard InChI is InChI=1S/C31H37N3O5S/c1-23-17-24(2)19-28(18-23)30(35)32-40(38,39)33(20-25-9-5-3-6-10-25)21-26-13-15-27(16-14-26)22-34(31(36)37)29-11-7-4-8-12-29/h3-12,17-19,26-27H,13-16,20-22H2,1-2H3,(H,32,35)(H,36,37). The second-order valence-corrected chi connectivity index (χ2v) is 12.4. The zero-order chi connectivity index (χ0) is 28.7. The van der Waals surface area contributed by atoms with Crippen molar-refractivity contribution >= 4 is 27.9 Å². The van der Waals surface area contributed by atoms with Crippen molar-refractivity contribution < 1.29 is 23.1 Å². The van der Waals surface area contributed by atoms with E-state index in [1.165, 1.54) is 9.21 Å². The Morgan fingerprint density at radius 2 is 1.35 bits per heavy atom. The fourth-order valence-electron chi connectivity index (χ4n) is 5.43. The van der Waals surface area contributed by atoms with Gasteiger partial charge in [-0.15, -0.1) is 0 Å². The quantitative estimate of drug-likeness (QED) is 0.326. The summed E-state index contributed by atoms with van der Waals surface area (Å²) in [6.07, 6.45) is 2.18. The number of rotatable bonds is 10. The van der Waals surface area contributed by atoms with Crippen LogP contribution in [0.5, 0.6) is 0 Å². The van der Waals surface area contributed by atoms with Gasteiger partial charge in [0.05, 0.1) is 0 Å². The maximum absolute atomic E-state index is 13.5. The summed E-state index contributed by atoms with van der Waals surface area (Å²) >= 11 is 0. The van der Waals surface area contributed by atoms with Gasteiger partial charge in [-0.2, -0.15) is 12.7 Å². The maximum atomic E-state index is 13.5. The van der Waals surface area contributed by atoms with E-state index in [0.717, 1.165) is 42.4 Å². The topological polar surface area (TPSA) is 107 Å². The number of hydrogen-bond acceptors (Lipinski definition) is 4. The molecule has 8 nitrogen and oxygen atoms in total. The van der Waals surface area contributed by atoms with Crippen molar-refractivity contribution in [3.63, 3.8) is 0 Å². The molecule has 1 fully saturated rings. The summed E-state index contributed by atoms with van der Waals surface area (Å²) in [5.41, 5.74) is 3.56. The van der Waals surface area contributed by atoms with E-state index in [2.05, 4.69) is 4.72 Å². The molecule has 0 aliphatic heterocycles. The molecule has 1 saturated carbocycles. The van der Waals surface area contributed by atoms with Gasteiger partial charge in [-0.25, -0.2) is 9.52 Å². The van der Waals surface area contributed by atoms with Gasteiger partial charge in [-0.1, -0.05) is 65.7 Å². The Labute approximate surface area is 236 Å². The summed E-state index contributed by atoms with van der Waals surface area (Å²) in [6, 6.07) is 23.7. The number of para-hydroxylation sites is 1. The summed E-state index contributed by atoms with van der Waals surface area (Å²) in [5.74, 6) is -0.359. The highest BCUT2D eigenvalue weighted by Gasteiger charge is 2.31. The molecule has 0 aromatic heterocycles. The molecule has 0 atom stereocenters. The van der Waals surface area contributed by atoms with Crippen LogP contribution in [0.15, 0.2) is 78.9 Å². The molecule has 40 heavy (non-hydrogen) atoms. The van der Waals surface area contributed by atoms with Crippen molar-refractivity contribution in [1.29, 1.82) is 0 Å². The minimum Gasteiger partial charge on any atom is -0.465 e. The molecule has 2 N–H and O–H groups in total. The Balaban J connectivity index is 1.44. The van der Waals surface area contributed by atoms with E-state index in [0.29, 0.717) is 17.8 Å². The fraction of sp³-hybridized carbons (Fsp3) is 0.355. The van der Waals surface area contributed by atoms with E-state index >= 15 is 0 Å². The highest BCUT2D eigenvalue weighted by atomic mass is 32.2. The summed E-state index contributed by atoms with van der Waals surface area (Å²) in [4.78, 5) is 26.3. The van der Waals surface area contributed by atoms with Crippen LogP contribution in [-0.4, -0.2) is 42.9 Å². The first kappa shape index (κ1) is 29.3. The highest BCUT2D eigenvalue weighted by molar-refractivity contribution is 7.87. The zero-order valence-corrected chi connectivity index (χ0v) is 23.8. The van der Waals surface area contributed by atoms with Crippen molar-refractivity contribution in [2.45, 2.75) is 46.1 Å². The number of nitrogens with one attached hydrogen (secondary N) is 1. The molecule has 9 heteroatoms. The molecular formula is C31H37N3O5S. The van der Waals surface area contributed by atoms with Crippen LogP contribution < -0.4 is 9.62 Å². The fourth-order valence-corrected chi connectivity index (χ4v) is 6.63. The van der Waals surface area contributed by atoms with E-state index in [-0.39, 0.29) is 24.9 Å². The van der Waals surface area contributed by atoms with Gasteiger partial charge in [0.1, 0.15) is 0 Å². The number of amides is 2. The third-order valence-corrected chi connectivity index (χ3v) is 8.82. The number of nitrogens with zero attached hydrogens (tertiary/aromatic N) is 2. The van der Waals surface area contributed by atoms with Crippen LogP contribution in [-0.2, 0) is 16.8 Å². The van der Waals surface area contributed by atoms with Crippen molar-refractivity contribution in [2.75, 3.05) is 18.0 Å². The largest absolute Gasteiger partial charge is 0.465 e. The van der Waals surface area contributed by atoms with Crippen molar-refractivity contribution in [1.82, 2.24) is 9.03 Å². The number of carbonyl (C=O) groups is 2. The van der Waals surface area contributed by atoms with Crippen LogP contribution >= 0.6 is 0 Å². The first-order valence-electron chi connectivity index (χ1n) is 13.6. The molecule has 2 amide bonds. The lowest BCUT2D eigenvalue weighted by Gasteiger charge is -2.34. The van der Waals surface area contributed by atoms with E-state index in [1.807, 2.05) is 68.4 Å². The number of benzene rings is 3. The molecule has 0 heterocycles. The average Bonchev–Trinajstić information content (AvgIpc) is 2.92. The van der Waals surface area contributed by atoms with Gasteiger partial charge in [-0.05, 0) is 81.2 Å². The molecule has 0 unspecified atom stereocenters. The lowest BCUT2D eigenvalue weighted by Crippen LogP contribution is -2.45. The van der Waals surface area contributed by atoms with Gasteiger partial charge >= 0.3 is 16.3 Å². The van der Waals surface area contributed by atoms with Crippen LogP contribution in [0.2, 0.25) is 0 Å². The lowest BCUT2D eigenvalue weighted by molar-refractivity contribution is 0.0977. The number of anilines is 1. The van der Waals surface area contributed by atoms with E-state index < -0.39 is 22.2 Å². The summed E-state index contributed by atoms with van der Waals surface area (Å²) < 4.78 is 30.7. The number of carbonyl (C=O) groups excluding carboxylic acids is 1. The van der Waals surface area contributed by atoms with Crippen molar-refractivity contribution in [3.8, 4) is 0 Å². The maximum Gasteiger partial charge on any atom is 0.411 e. The van der Waals surface area contributed by atoms with E-state index in [1.54, 1.807) is 24.3 Å². The second kappa shape index (κ2) is 13.1. The molecular weight excluding hydrogens is 526 g/mol. The monoisotopic (exact) mass is 563 g/mol. The van der Waals surface area contributed by atoms with Crippen LogP contribution in [0.4, 0.5) is 10.5 Å². The SMILES string of the molecule is Cc1cc(C)cc(C(=O)NS(=O)(=O)N(Cc2ccccc2)CC2CCC(CN(C(=O)O)c3ccccc3)CC2)c1. The molecule has 4 rings (SSSR count). The van der Waals surface area contributed by atoms with Gasteiger partial charge in [0.25, 0.3) is 5.91 Å². The third-order valence-electron chi connectivity index (χ3n) is 7.41. The smallest absolute Gasteiger partial charge is 0.411 e. The Morgan fingerprint density at radius 3 is 1.90 bits per heavy atom. The predicted molar refractivity (Wildman–Crippen MR) is 156 cm³/mol. The Kier molecular flexibility index (Phi) is 9.60. The van der Waals surface area contributed by atoms with Gasteiger partial charge < -0.3 is 5.11 Å². The molecule has 3 aromatic carbocycles. The number of hydrogen-bond donors (Lipinski definition) is 2. The van der Waals surface area contributed by atoms with Gasteiger partial charge in [0.15, 0.2) is 0 Å². The molecule has 1 aliphatic rings. The Hall–Kier alpha value is -3.69. The molecule has 0 radical (unpaired) electrons. The van der Waals surface area contributed by atoms with E-state index in [9.17, 15) is 23.1 Å². The zero-order valence-electron chi connectivity index (χ0n) is 23.0. The molecule has 0 bridgehead atoms. The predicted octanol–water partition coefficient (Wildman–Crippen LogP) is 5.77. The second-order valence-electron chi connectivity index (χ2n) is 10.7. The molecule has 212 valence electrons. The summed E-state index contributed by atoms with van der Waals surface area (Å²) in [5, 5.41) is 9.76. The van der Waals surface area contributed by atoms with Gasteiger partial charge in [-0.3, -0.25) is 9.69 Å². The number of carboxylic acid groups (broad SMARTS) is 1. The minimum absolute atomic E-state index is 0.0999. The first-order chi connectivity index (χ1) is 19.1. The van der Waals surface area contributed by atoms with Crippen LogP contribution in [0.1, 0.15) is 52.7 Å². The summed E-state index contributed by atoms with van der Waals surface area (Å²) in [6.45, 7) is 4.57. The molecule has 1 aliphatic carbocycles. The van der Waals surface area contributed by atoms with Gasteiger partial charge in [0, 0.05) is 30.9 Å². The summed E-state index contributed by atoms with van der Waals surface area (Å²) in [7, 11) is -4.12. The molecule has 0 saturated heterocycles. The van der Waals surface area contributed by atoms with E-state index in [4.69, 9.17) is 0 Å². The Bertz CT molecular complexity index is 1390. The Morgan fingerprint density at radius 1 is 0.825 bits per heavy atom. The highest BCUT2D eigenvalue weighted by Crippen LogP contribution is 2.32. The van der Waals surface area contributed by atoms with Gasteiger partial charge in [0.2, 0.25) is 0 Å². The van der Waals surface area contributed by atoms with Crippen LogP contribution in [0.3, 0.4) is 0 Å². The number of aryl methyl sites for hydroxylation is 2. The third kappa shape index (κ3) is 7.92. The average molecular weight is 564 g/mol.